The number of halogens is 1. The number of unbranched alkanes of at least 4 members (excludes halogenated alkanes) is 15. The van der Waals surface area contributed by atoms with Crippen molar-refractivity contribution in [3.8, 4) is 0 Å². The van der Waals surface area contributed by atoms with Crippen LogP contribution in [0.1, 0.15) is 147 Å². The first-order chi connectivity index (χ1) is 18.4. The summed E-state index contributed by atoms with van der Waals surface area (Å²) in [6, 6.07) is 13.0. The Morgan fingerprint density at radius 1 is 0.538 bits per heavy atom. The van der Waals surface area contributed by atoms with Crippen LogP contribution in [0.4, 0.5) is 0 Å². The summed E-state index contributed by atoms with van der Waals surface area (Å²) in [5, 5.41) is 0. The Labute approximate surface area is 249 Å². The van der Waals surface area contributed by atoms with Crippen LogP contribution in [0.3, 0.4) is 0 Å². The van der Waals surface area contributed by atoms with Crippen molar-refractivity contribution < 1.29 is 31.1 Å². The fraction of sp³-hybridized carbons (Fsp3) is 0.600. The molecule has 1 aliphatic rings. The Hall–Kier alpha value is -1.78. The largest absolute Gasteiger partial charge is 1.00 e. The first-order valence-corrected chi connectivity index (χ1v) is 15.6. The standard InChI is InChI=1S/C35H52NO2.BrH/c1-4-5-6-7-8-9-10-11-12-13-14-15-16-17-18-21-26-36(2,3)28-29-24-25-32-33(27-29)35(38)31-23-20-19-22-30(31)34(32)37;/h19-20,22-25,27H,4-18,21,26,28H2,1-3H3;1H/q+1;/p-1. The number of quaternary nitrogens is 1. The third-order valence-corrected chi connectivity index (χ3v) is 8.22. The van der Waals surface area contributed by atoms with Crippen molar-refractivity contribution in [1.82, 2.24) is 0 Å². The van der Waals surface area contributed by atoms with Crippen molar-refractivity contribution in [1.29, 1.82) is 0 Å². The fourth-order valence-corrected chi connectivity index (χ4v) is 5.91. The summed E-state index contributed by atoms with van der Waals surface area (Å²) in [4.78, 5) is 25.9. The summed E-state index contributed by atoms with van der Waals surface area (Å²) < 4.78 is 0.899. The van der Waals surface area contributed by atoms with Crippen molar-refractivity contribution >= 4 is 11.6 Å². The molecule has 2 aromatic carbocycles. The van der Waals surface area contributed by atoms with Crippen LogP contribution in [0, 0.1) is 0 Å². The van der Waals surface area contributed by atoms with Crippen LogP contribution in [0.15, 0.2) is 42.5 Å². The maximum atomic E-state index is 13.1. The van der Waals surface area contributed by atoms with Crippen LogP contribution in [0.5, 0.6) is 0 Å². The summed E-state index contributed by atoms with van der Waals surface area (Å²) in [6.07, 6.45) is 22.3. The van der Waals surface area contributed by atoms with Crippen molar-refractivity contribution in [2.24, 2.45) is 0 Å². The van der Waals surface area contributed by atoms with Crippen LogP contribution >= 0.6 is 0 Å². The SMILES string of the molecule is CCCCCCCCCCCCCCCCCC[N+](C)(C)Cc1ccc2c(c1)C(=O)c1ccccc1C2=O.[Br-]. The lowest BCUT2D eigenvalue weighted by Crippen LogP contribution is -3.00. The first-order valence-electron chi connectivity index (χ1n) is 15.6. The number of hydrogen-bond donors (Lipinski definition) is 0. The zero-order chi connectivity index (χ0) is 27.2. The molecule has 0 radical (unpaired) electrons. The van der Waals surface area contributed by atoms with Gasteiger partial charge in [0.1, 0.15) is 6.54 Å². The minimum atomic E-state index is -0.0383. The molecule has 0 spiro atoms. The molecule has 1 aliphatic carbocycles. The van der Waals surface area contributed by atoms with E-state index in [4.69, 9.17) is 0 Å². The molecule has 39 heavy (non-hydrogen) atoms. The topological polar surface area (TPSA) is 34.1 Å². The number of carbonyl (C=O) groups is 2. The van der Waals surface area contributed by atoms with Gasteiger partial charge in [0.25, 0.3) is 0 Å². The first kappa shape index (κ1) is 33.4. The predicted molar refractivity (Wildman–Crippen MR) is 160 cm³/mol. The molecule has 0 atom stereocenters. The third-order valence-electron chi connectivity index (χ3n) is 8.22. The average molecular weight is 599 g/mol. The van der Waals surface area contributed by atoms with E-state index < -0.39 is 0 Å². The van der Waals surface area contributed by atoms with Crippen molar-refractivity contribution in [3.05, 3.63) is 70.3 Å². The van der Waals surface area contributed by atoms with Gasteiger partial charge < -0.3 is 21.5 Å². The highest BCUT2D eigenvalue weighted by molar-refractivity contribution is 6.28. The molecule has 3 rings (SSSR count). The van der Waals surface area contributed by atoms with E-state index in [1.807, 2.05) is 30.3 Å². The van der Waals surface area contributed by atoms with Crippen LogP contribution in [-0.2, 0) is 6.54 Å². The Balaban J connectivity index is 0.00000533. The summed E-state index contributed by atoms with van der Waals surface area (Å²) in [6.45, 7) is 4.29. The highest BCUT2D eigenvalue weighted by atomic mass is 79.9. The molecule has 4 heteroatoms. The number of hydrogen-bond acceptors (Lipinski definition) is 2. The van der Waals surface area contributed by atoms with Gasteiger partial charge in [0.15, 0.2) is 11.6 Å². The lowest BCUT2D eigenvalue weighted by molar-refractivity contribution is -0.903. The molecule has 0 amide bonds. The lowest BCUT2D eigenvalue weighted by Gasteiger charge is -2.30. The van der Waals surface area contributed by atoms with Gasteiger partial charge in [0.2, 0.25) is 0 Å². The molecule has 0 saturated carbocycles. The normalized spacial score (nSPS) is 12.7. The third kappa shape index (κ3) is 11.0. The quantitative estimate of drug-likeness (QED) is 0.120. The maximum absolute atomic E-state index is 13.1. The summed E-state index contributed by atoms with van der Waals surface area (Å²) in [5.41, 5.74) is 3.29. The Morgan fingerprint density at radius 2 is 0.949 bits per heavy atom. The minimum absolute atomic E-state index is 0. The van der Waals surface area contributed by atoms with Gasteiger partial charge in [-0.1, -0.05) is 127 Å². The molecule has 2 aromatic rings. The molecule has 0 aliphatic heterocycles. The van der Waals surface area contributed by atoms with Crippen LogP contribution in [0.2, 0.25) is 0 Å². The Morgan fingerprint density at radius 3 is 1.44 bits per heavy atom. The van der Waals surface area contributed by atoms with Crippen LogP contribution < -0.4 is 17.0 Å². The van der Waals surface area contributed by atoms with Gasteiger partial charge in [-0.2, -0.15) is 0 Å². The number of nitrogens with zero attached hydrogens (tertiary/aromatic N) is 1. The van der Waals surface area contributed by atoms with E-state index in [-0.39, 0.29) is 28.5 Å². The fourth-order valence-electron chi connectivity index (χ4n) is 5.91. The Bertz CT molecular complexity index is 1030. The molecule has 0 heterocycles. The summed E-state index contributed by atoms with van der Waals surface area (Å²) in [5.74, 6) is -0.0659. The number of carbonyl (C=O) groups excluding carboxylic acids is 2. The molecule has 0 bridgehead atoms. The molecule has 0 saturated heterocycles. The second kappa shape index (κ2) is 17.8. The van der Waals surface area contributed by atoms with Gasteiger partial charge in [-0.25, -0.2) is 0 Å². The number of rotatable bonds is 19. The van der Waals surface area contributed by atoms with Crippen molar-refractivity contribution in [2.75, 3.05) is 20.6 Å². The molecule has 3 nitrogen and oxygen atoms in total. The molecule has 0 N–H and O–H groups in total. The summed E-state index contributed by atoms with van der Waals surface area (Å²) >= 11 is 0. The molecule has 0 unspecified atom stereocenters. The monoisotopic (exact) mass is 597 g/mol. The van der Waals surface area contributed by atoms with Gasteiger partial charge in [-0.15, -0.1) is 0 Å². The van der Waals surface area contributed by atoms with E-state index in [1.54, 1.807) is 12.1 Å². The molecular weight excluding hydrogens is 546 g/mol. The zero-order valence-electron chi connectivity index (χ0n) is 24.9. The van der Waals surface area contributed by atoms with E-state index in [0.29, 0.717) is 22.3 Å². The van der Waals surface area contributed by atoms with Gasteiger partial charge in [0.05, 0.1) is 20.6 Å². The van der Waals surface area contributed by atoms with Gasteiger partial charge in [-0.05, 0) is 25.0 Å². The van der Waals surface area contributed by atoms with E-state index in [2.05, 4.69) is 21.0 Å². The highest BCUT2D eigenvalue weighted by Crippen LogP contribution is 2.28. The van der Waals surface area contributed by atoms with Crippen molar-refractivity contribution in [2.45, 2.75) is 116 Å². The molecule has 216 valence electrons. The average Bonchev–Trinajstić information content (AvgIpc) is 2.91. The van der Waals surface area contributed by atoms with E-state index in [9.17, 15) is 9.59 Å². The van der Waals surface area contributed by atoms with E-state index in [0.717, 1.165) is 23.1 Å². The smallest absolute Gasteiger partial charge is 0.194 e. The molecule has 0 fully saturated rings. The maximum Gasteiger partial charge on any atom is 0.194 e. The zero-order valence-corrected chi connectivity index (χ0v) is 26.5. The molecule has 0 aromatic heterocycles. The second-order valence-electron chi connectivity index (χ2n) is 12.2. The number of ketones is 2. The highest BCUT2D eigenvalue weighted by Gasteiger charge is 2.30. The minimum Gasteiger partial charge on any atom is -1.00 e. The second-order valence-corrected chi connectivity index (χ2v) is 12.2. The van der Waals surface area contributed by atoms with Gasteiger partial charge in [-0.3, -0.25) is 9.59 Å². The van der Waals surface area contributed by atoms with Crippen molar-refractivity contribution in [3.63, 3.8) is 0 Å². The van der Waals surface area contributed by atoms with Gasteiger partial charge >= 0.3 is 0 Å². The van der Waals surface area contributed by atoms with Gasteiger partial charge in [0, 0.05) is 27.8 Å². The van der Waals surface area contributed by atoms with Crippen LogP contribution in [0.25, 0.3) is 0 Å². The van der Waals surface area contributed by atoms with Crippen LogP contribution in [-0.4, -0.2) is 36.7 Å². The van der Waals surface area contributed by atoms with E-state index in [1.165, 1.54) is 103 Å². The lowest BCUT2D eigenvalue weighted by atomic mass is 9.83. The summed E-state index contributed by atoms with van der Waals surface area (Å²) in [7, 11) is 4.54. The number of fused-ring (bicyclic) bond motifs is 2. The van der Waals surface area contributed by atoms with E-state index >= 15 is 0 Å². The molecular formula is C35H52BrNO2. The number of benzene rings is 2. The Kier molecular flexibility index (Phi) is 15.3. The predicted octanol–water partition coefficient (Wildman–Crippen LogP) is 6.30.